The summed E-state index contributed by atoms with van der Waals surface area (Å²) in [6.45, 7) is 2.73. The number of anilines is 2. The van der Waals surface area contributed by atoms with Gasteiger partial charge in [0.2, 0.25) is 0 Å². The van der Waals surface area contributed by atoms with E-state index in [1.165, 1.54) is 11.3 Å². The fourth-order valence-electron chi connectivity index (χ4n) is 2.73. The van der Waals surface area contributed by atoms with E-state index >= 15 is 0 Å². The maximum absolute atomic E-state index is 4.58. The smallest absolute Gasteiger partial charge is 0.159 e. The quantitative estimate of drug-likeness (QED) is 0.730. The zero-order valence-electron chi connectivity index (χ0n) is 11.0. The van der Waals surface area contributed by atoms with Crippen LogP contribution in [0.4, 0.5) is 11.5 Å². The van der Waals surface area contributed by atoms with Gasteiger partial charge in [0.05, 0.1) is 6.20 Å². The maximum Gasteiger partial charge on any atom is 0.159 e. The van der Waals surface area contributed by atoms with Crippen LogP contribution in [0.5, 0.6) is 0 Å². The summed E-state index contributed by atoms with van der Waals surface area (Å²) in [5.74, 6) is 0.959. The van der Waals surface area contributed by atoms with Gasteiger partial charge >= 0.3 is 0 Å². The molecule has 0 aliphatic carbocycles. The third-order valence-electron chi connectivity index (χ3n) is 3.67. The lowest BCUT2D eigenvalue weighted by Gasteiger charge is -2.24. The van der Waals surface area contributed by atoms with Crippen LogP contribution in [0.2, 0.25) is 0 Å². The number of rotatable bonds is 1. The second-order valence-corrected chi connectivity index (χ2v) is 4.87. The molecule has 2 aromatic heterocycles. The van der Waals surface area contributed by atoms with E-state index in [9.17, 15) is 0 Å². The Morgan fingerprint density at radius 2 is 2.05 bits per heavy atom. The van der Waals surface area contributed by atoms with Gasteiger partial charge in [0.1, 0.15) is 5.52 Å². The molecule has 0 spiro atoms. The van der Waals surface area contributed by atoms with Gasteiger partial charge in [0, 0.05) is 37.7 Å². The lowest BCUT2D eigenvalue weighted by Crippen LogP contribution is -2.25. The first-order valence-electron chi connectivity index (χ1n) is 6.78. The van der Waals surface area contributed by atoms with Crippen LogP contribution in [0.25, 0.3) is 5.52 Å². The molecule has 3 heterocycles. The highest BCUT2D eigenvalue weighted by molar-refractivity contribution is 5.76. The molecule has 3 aromatic rings. The van der Waals surface area contributed by atoms with Crippen molar-refractivity contribution in [2.75, 3.05) is 18.0 Å². The van der Waals surface area contributed by atoms with E-state index in [2.05, 4.69) is 44.6 Å². The Balaban J connectivity index is 1.91. The minimum Gasteiger partial charge on any atom is -0.323 e. The Hall–Kier alpha value is -2.40. The summed E-state index contributed by atoms with van der Waals surface area (Å²) < 4.78 is 1.86. The Labute approximate surface area is 116 Å². The van der Waals surface area contributed by atoms with Gasteiger partial charge < -0.3 is 10.2 Å². The summed E-state index contributed by atoms with van der Waals surface area (Å²) in [5.41, 5.74) is 3.55. The average molecular weight is 265 g/mol. The predicted octanol–water partition coefficient (Wildman–Crippen LogP) is 1.97. The number of nitrogens with zero attached hydrogens (tertiary/aromatic N) is 4. The molecule has 0 unspecified atom stereocenters. The summed E-state index contributed by atoms with van der Waals surface area (Å²) in [6, 6.07) is 10.5. The summed E-state index contributed by atoms with van der Waals surface area (Å²) in [6.07, 6.45) is 5.49. The molecule has 0 radical (unpaired) electrons. The van der Waals surface area contributed by atoms with E-state index in [0.29, 0.717) is 0 Å². The molecule has 20 heavy (non-hydrogen) atoms. The van der Waals surface area contributed by atoms with Crippen molar-refractivity contribution in [1.29, 1.82) is 0 Å². The van der Waals surface area contributed by atoms with E-state index in [0.717, 1.165) is 31.0 Å². The topological polar surface area (TPSA) is 45.5 Å². The van der Waals surface area contributed by atoms with Crippen LogP contribution in [0.15, 0.2) is 48.9 Å². The minimum absolute atomic E-state index is 0.898. The third-order valence-corrected chi connectivity index (χ3v) is 3.67. The van der Waals surface area contributed by atoms with Gasteiger partial charge in [-0.1, -0.05) is 18.2 Å². The molecule has 0 bridgehead atoms. The SMILES string of the molecule is c1ccc2c(c1)CNCCN2c1nccn2nccc12. The van der Waals surface area contributed by atoms with E-state index in [4.69, 9.17) is 0 Å². The largest absolute Gasteiger partial charge is 0.323 e. The molecule has 1 N–H and O–H groups in total. The second kappa shape index (κ2) is 4.61. The van der Waals surface area contributed by atoms with Crippen molar-refractivity contribution in [3.63, 3.8) is 0 Å². The van der Waals surface area contributed by atoms with E-state index in [1.54, 1.807) is 6.20 Å². The third kappa shape index (κ3) is 1.75. The van der Waals surface area contributed by atoms with Gasteiger partial charge in [-0.2, -0.15) is 5.10 Å². The number of para-hydroxylation sites is 1. The Kier molecular flexibility index (Phi) is 2.63. The number of benzene rings is 1. The second-order valence-electron chi connectivity index (χ2n) is 4.87. The molecule has 0 amide bonds. The predicted molar refractivity (Wildman–Crippen MR) is 78.1 cm³/mol. The molecule has 100 valence electrons. The molecule has 0 saturated carbocycles. The molecule has 5 nitrogen and oxygen atoms in total. The number of hydrogen-bond donors (Lipinski definition) is 1. The molecule has 0 fully saturated rings. The fourth-order valence-corrected chi connectivity index (χ4v) is 2.73. The van der Waals surface area contributed by atoms with Crippen molar-refractivity contribution < 1.29 is 0 Å². The average Bonchev–Trinajstić information content (AvgIpc) is 2.87. The zero-order valence-corrected chi connectivity index (χ0v) is 11.0. The summed E-state index contributed by atoms with van der Waals surface area (Å²) in [7, 11) is 0. The first-order valence-corrected chi connectivity index (χ1v) is 6.78. The van der Waals surface area contributed by atoms with E-state index < -0.39 is 0 Å². The zero-order chi connectivity index (χ0) is 13.4. The minimum atomic E-state index is 0.898. The Bertz CT molecular complexity index is 749. The van der Waals surface area contributed by atoms with Crippen LogP contribution in [0, 0.1) is 0 Å². The van der Waals surface area contributed by atoms with Crippen molar-refractivity contribution in [3.8, 4) is 0 Å². The van der Waals surface area contributed by atoms with Gasteiger partial charge in [-0.3, -0.25) is 0 Å². The fraction of sp³-hybridized carbons (Fsp3) is 0.200. The van der Waals surface area contributed by atoms with Crippen molar-refractivity contribution in [1.82, 2.24) is 19.9 Å². The summed E-state index contributed by atoms with van der Waals surface area (Å²) in [4.78, 5) is 6.85. The highest BCUT2D eigenvalue weighted by atomic mass is 15.3. The first kappa shape index (κ1) is 11.4. The molecule has 5 heteroatoms. The lowest BCUT2D eigenvalue weighted by atomic mass is 10.1. The maximum atomic E-state index is 4.58. The number of aromatic nitrogens is 3. The van der Waals surface area contributed by atoms with Gasteiger partial charge in [-0.15, -0.1) is 0 Å². The molecular formula is C15H15N5. The van der Waals surface area contributed by atoms with Crippen molar-refractivity contribution >= 4 is 17.0 Å². The standard InChI is InChI=1S/C15H15N5/c1-2-4-13-12(3-1)11-16-7-9-19(13)15-14-5-6-18-20(14)10-8-17-15/h1-6,8,10,16H,7,9,11H2. The van der Waals surface area contributed by atoms with Crippen LogP contribution in [0.1, 0.15) is 5.56 Å². The summed E-state index contributed by atoms with van der Waals surface area (Å²) in [5, 5.41) is 7.74. The lowest BCUT2D eigenvalue weighted by molar-refractivity contribution is 0.711. The Morgan fingerprint density at radius 3 is 3.05 bits per heavy atom. The van der Waals surface area contributed by atoms with Gasteiger partial charge in [0.15, 0.2) is 5.82 Å². The molecule has 0 saturated heterocycles. The van der Waals surface area contributed by atoms with Crippen LogP contribution < -0.4 is 10.2 Å². The molecule has 1 aromatic carbocycles. The van der Waals surface area contributed by atoms with Crippen LogP contribution in [0.3, 0.4) is 0 Å². The monoisotopic (exact) mass is 265 g/mol. The molecule has 0 atom stereocenters. The van der Waals surface area contributed by atoms with Crippen molar-refractivity contribution in [2.24, 2.45) is 0 Å². The first-order chi connectivity index (χ1) is 9.93. The highest BCUT2D eigenvalue weighted by Crippen LogP contribution is 2.30. The Morgan fingerprint density at radius 1 is 1.10 bits per heavy atom. The molecule has 4 rings (SSSR count). The van der Waals surface area contributed by atoms with E-state index in [-0.39, 0.29) is 0 Å². The summed E-state index contributed by atoms with van der Waals surface area (Å²) >= 11 is 0. The van der Waals surface area contributed by atoms with Crippen molar-refractivity contribution in [3.05, 3.63) is 54.5 Å². The van der Waals surface area contributed by atoms with Gasteiger partial charge in [-0.05, 0) is 17.7 Å². The molecule has 1 aliphatic rings. The van der Waals surface area contributed by atoms with Crippen LogP contribution in [-0.2, 0) is 6.54 Å². The van der Waals surface area contributed by atoms with E-state index in [1.807, 2.05) is 23.0 Å². The number of hydrogen-bond acceptors (Lipinski definition) is 4. The van der Waals surface area contributed by atoms with Gasteiger partial charge in [-0.25, -0.2) is 9.50 Å². The molecular weight excluding hydrogens is 250 g/mol. The van der Waals surface area contributed by atoms with Gasteiger partial charge in [0.25, 0.3) is 0 Å². The van der Waals surface area contributed by atoms with Crippen molar-refractivity contribution in [2.45, 2.75) is 6.54 Å². The van der Waals surface area contributed by atoms with Crippen LogP contribution in [-0.4, -0.2) is 27.7 Å². The highest BCUT2D eigenvalue weighted by Gasteiger charge is 2.19. The normalized spacial score (nSPS) is 15.1. The van der Waals surface area contributed by atoms with Crippen LogP contribution >= 0.6 is 0 Å². The number of fused-ring (bicyclic) bond motifs is 2. The number of nitrogens with one attached hydrogen (secondary N) is 1. The molecule has 1 aliphatic heterocycles.